The summed E-state index contributed by atoms with van der Waals surface area (Å²) in [5.41, 5.74) is 1.28. The zero-order valence-electron chi connectivity index (χ0n) is 11.4. The number of aromatic nitrogens is 2. The van der Waals surface area contributed by atoms with E-state index < -0.39 is 0 Å². The van der Waals surface area contributed by atoms with Gasteiger partial charge in [-0.1, -0.05) is 11.6 Å². The maximum atomic E-state index is 12.3. The molecule has 1 heterocycles. The smallest absolute Gasteiger partial charge is 0.253 e. The zero-order chi connectivity index (χ0) is 14.5. The molecule has 0 saturated carbocycles. The molecule has 1 unspecified atom stereocenters. The Kier molecular flexibility index (Phi) is 4.63. The van der Waals surface area contributed by atoms with E-state index in [1.807, 2.05) is 19.2 Å². The van der Waals surface area contributed by atoms with E-state index in [1.165, 1.54) is 0 Å². The molecule has 2 aromatic rings. The number of hydrogen-bond acceptors (Lipinski definition) is 3. The summed E-state index contributed by atoms with van der Waals surface area (Å²) in [7, 11) is 1.77. The van der Waals surface area contributed by atoms with Gasteiger partial charge < -0.3 is 10.6 Å². The van der Waals surface area contributed by atoms with Crippen molar-refractivity contribution in [2.24, 2.45) is 0 Å². The van der Waals surface area contributed by atoms with E-state index in [-0.39, 0.29) is 11.9 Å². The van der Waals surface area contributed by atoms with Crippen LogP contribution in [0.15, 0.2) is 36.7 Å². The molecule has 0 aliphatic heterocycles. The highest BCUT2D eigenvalue weighted by molar-refractivity contribution is 6.31. The average molecular weight is 293 g/mol. The van der Waals surface area contributed by atoms with Crippen LogP contribution >= 0.6 is 11.6 Å². The number of nitrogens with one attached hydrogen (secondary N) is 2. The van der Waals surface area contributed by atoms with E-state index in [1.54, 1.807) is 36.1 Å². The molecule has 1 aromatic carbocycles. The summed E-state index contributed by atoms with van der Waals surface area (Å²) in [6.07, 6.45) is 3.58. The highest BCUT2D eigenvalue weighted by Crippen LogP contribution is 2.20. The van der Waals surface area contributed by atoms with Crippen LogP contribution in [0, 0.1) is 0 Å². The predicted molar refractivity (Wildman–Crippen MR) is 80.2 cm³/mol. The molecule has 0 spiro atoms. The first-order chi connectivity index (χ1) is 9.60. The predicted octanol–water partition coefficient (Wildman–Crippen LogP) is 2.40. The highest BCUT2D eigenvalue weighted by atomic mass is 35.5. The number of carbonyl (C=O) groups excluding carboxylic acids is 1. The van der Waals surface area contributed by atoms with Crippen LogP contribution < -0.4 is 10.6 Å². The number of carbonyl (C=O) groups is 1. The minimum absolute atomic E-state index is 0.0360. The van der Waals surface area contributed by atoms with Crippen LogP contribution in [0.1, 0.15) is 17.3 Å². The summed E-state index contributed by atoms with van der Waals surface area (Å²) < 4.78 is 1.78. The Bertz CT molecular complexity index is 583. The Morgan fingerprint density at radius 1 is 1.50 bits per heavy atom. The van der Waals surface area contributed by atoms with E-state index in [4.69, 9.17) is 11.6 Å². The van der Waals surface area contributed by atoms with Crippen LogP contribution in [0.3, 0.4) is 0 Å². The van der Waals surface area contributed by atoms with Crippen LogP contribution in [0.4, 0.5) is 5.69 Å². The van der Waals surface area contributed by atoms with Gasteiger partial charge in [-0.05, 0) is 31.2 Å². The zero-order valence-corrected chi connectivity index (χ0v) is 12.2. The average Bonchev–Trinajstić information content (AvgIpc) is 2.91. The monoisotopic (exact) mass is 292 g/mol. The lowest BCUT2D eigenvalue weighted by Gasteiger charge is -2.16. The molecule has 1 aromatic heterocycles. The first kappa shape index (κ1) is 14.4. The Balaban J connectivity index is 2.06. The van der Waals surface area contributed by atoms with Crippen molar-refractivity contribution in [1.82, 2.24) is 15.1 Å². The number of benzene rings is 1. The van der Waals surface area contributed by atoms with Gasteiger partial charge >= 0.3 is 0 Å². The third kappa shape index (κ3) is 3.51. The summed E-state index contributed by atoms with van der Waals surface area (Å²) >= 11 is 5.95. The lowest BCUT2D eigenvalue weighted by Crippen LogP contribution is -2.36. The van der Waals surface area contributed by atoms with Gasteiger partial charge in [-0.15, -0.1) is 0 Å². The number of rotatable bonds is 5. The quantitative estimate of drug-likeness (QED) is 0.890. The van der Waals surface area contributed by atoms with Crippen molar-refractivity contribution in [3.8, 4) is 0 Å². The molecule has 0 bridgehead atoms. The van der Waals surface area contributed by atoms with E-state index in [0.717, 1.165) is 5.69 Å². The van der Waals surface area contributed by atoms with Crippen LogP contribution in [0.5, 0.6) is 0 Å². The molecule has 1 atom stereocenters. The molecule has 0 aliphatic rings. The largest absolute Gasteiger partial charge is 0.387 e. The summed E-state index contributed by atoms with van der Waals surface area (Å²) in [4.78, 5) is 12.3. The van der Waals surface area contributed by atoms with Gasteiger partial charge in [-0.25, -0.2) is 0 Å². The van der Waals surface area contributed by atoms with Crippen LogP contribution in [-0.4, -0.2) is 28.8 Å². The minimum Gasteiger partial charge on any atom is -0.387 e. The van der Waals surface area contributed by atoms with Gasteiger partial charge in [-0.3, -0.25) is 9.48 Å². The second kappa shape index (κ2) is 6.43. The summed E-state index contributed by atoms with van der Waals surface area (Å²) in [5.74, 6) is -0.156. The second-order valence-corrected chi connectivity index (χ2v) is 4.98. The topological polar surface area (TPSA) is 59.0 Å². The Labute approximate surface area is 122 Å². The third-order valence-electron chi connectivity index (χ3n) is 2.89. The van der Waals surface area contributed by atoms with Gasteiger partial charge in [0.15, 0.2) is 0 Å². The van der Waals surface area contributed by atoms with Crippen molar-refractivity contribution in [2.45, 2.75) is 19.5 Å². The van der Waals surface area contributed by atoms with E-state index in [0.29, 0.717) is 17.1 Å². The maximum Gasteiger partial charge on any atom is 0.253 e. The van der Waals surface area contributed by atoms with Crippen molar-refractivity contribution in [2.75, 3.05) is 12.4 Å². The fourth-order valence-electron chi connectivity index (χ4n) is 1.96. The number of anilines is 1. The van der Waals surface area contributed by atoms with Crippen LogP contribution in [0.2, 0.25) is 5.02 Å². The fourth-order valence-corrected chi connectivity index (χ4v) is 2.13. The molecule has 0 aliphatic carbocycles. The molecular weight excluding hydrogens is 276 g/mol. The van der Waals surface area contributed by atoms with Gasteiger partial charge in [0.25, 0.3) is 5.91 Å². The molecule has 0 radical (unpaired) electrons. The highest BCUT2D eigenvalue weighted by Gasteiger charge is 2.14. The first-order valence-electron chi connectivity index (χ1n) is 6.35. The van der Waals surface area contributed by atoms with Crippen LogP contribution in [0.25, 0.3) is 0 Å². The number of amides is 1. The Hall–Kier alpha value is -2.01. The van der Waals surface area contributed by atoms with Crippen molar-refractivity contribution in [3.05, 3.63) is 47.2 Å². The van der Waals surface area contributed by atoms with E-state index >= 15 is 0 Å². The number of nitrogens with zero attached hydrogens (tertiary/aromatic N) is 2. The maximum absolute atomic E-state index is 12.3. The van der Waals surface area contributed by atoms with Crippen molar-refractivity contribution >= 4 is 23.2 Å². The normalized spacial score (nSPS) is 11.9. The number of halogens is 1. The van der Waals surface area contributed by atoms with Gasteiger partial charge in [0, 0.05) is 36.2 Å². The Morgan fingerprint density at radius 2 is 2.30 bits per heavy atom. The molecule has 0 saturated heterocycles. The van der Waals surface area contributed by atoms with Crippen molar-refractivity contribution < 1.29 is 4.79 Å². The lowest BCUT2D eigenvalue weighted by atomic mass is 10.1. The molecule has 5 nitrogen and oxygen atoms in total. The van der Waals surface area contributed by atoms with Gasteiger partial charge in [0.05, 0.1) is 12.1 Å². The molecule has 1 amide bonds. The lowest BCUT2D eigenvalue weighted by molar-refractivity contribution is 0.0937. The number of hydrogen-bond donors (Lipinski definition) is 2. The Morgan fingerprint density at radius 3 is 2.95 bits per heavy atom. The SMILES string of the molecule is CNc1ccc(Cl)cc1C(=O)NC(C)Cn1cccn1. The van der Waals surface area contributed by atoms with Gasteiger partial charge in [0.1, 0.15) is 0 Å². The molecule has 20 heavy (non-hydrogen) atoms. The summed E-state index contributed by atoms with van der Waals surface area (Å²) in [6, 6.07) is 7.01. The fraction of sp³-hybridized carbons (Fsp3) is 0.286. The molecule has 6 heteroatoms. The minimum atomic E-state index is -0.156. The first-order valence-corrected chi connectivity index (χ1v) is 6.73. The van der Waals surface area contributed by atoms with Gasteiger partial charge in [-0.2, -0.15) is 5.10 Å². The molecular formula is C14H17ClN4O. The van der Waals surface area contributed by atoms with Gasteiger partial charge in [0.2, 0.25) is 0 Å². The second-order valence-electron chi connectivity index (χ2n) is 4.54. The molecule has 0 fully saturated rings. The third-order valence-corrected chi connectivity index (χ3v) is 3.13. The summed E-state index contributed by atoms with van der Waals surface area (Å²) in [5, 5.41) is 10.6. The standard InChI is InChI=1S/C14H17ClN4O/c1-10(9-19-7-3-6-17-19)18-14(20)12-8-11(15)4-5-13(12)16-2/h3-8,10,16H,9H2,1-2H3,(H,18,20). The summed E-state index contributed by atoms with van der Waals surface area (Å²) in [6.45, 7) is 2.55. The molecule has 2 N–H and O–H groups in total. The van der Waals surface area contributed by atoms with Crippen molar-refractivity contribution in [3.63, 3.8) is 0 Å². The molecule has 2 rings (SSSR count). The van der Waals surface area contributed by atoms with Crippen LogP contribution in [-0.2, 0) is 6.54 Å². The van der Waals surface area contributed by atoms with Crippen molar-refractivity contribution in [1.29, 1.82) is 0 Å². The van der Waals surface area contributed by atoms with E-state index in [2.05, 4.69) is 15.7 Å². The van der Waals surface area contributed by atoms with E-state index in [9.17, 15) is 4.79 Å². The molecule has 106 valence electrons.